The van der Waals surface area contributed by atoms with E-state index in [9.17, 15) is 0 Å². The molecule has 3 heteroatoms. The standard InChI is InChI=1S/C13H13ClN2/c14-6-12-7-15-9-16(12)8-11-5-10-3-1-2-4-13(10)11/h1-4,7,9,11H,5-6,8H2. The van der Waals surface area contributed by atoms with Gasteiger partial charge in [-0.15, -0.1) is 11.6 Å². The predicted molar refractivity (Wildman–Crippen MR) is 64.7 cm³/mol. The molecular weight excluding hydrogens is 220 g/mol. The van der Waals surface area contributed by atoms with Crippen molar-refractivity contribution in [1.29, 1.82) is 0 Å². The van der Waals surface area contributed by atoms with Gasteiger partial charge in [0.2, 0.25) is 0 Å². The van der Waals surface area contributed by atoms with Crippen LogP contribution in [0.25, 0.3) is 0 Å². The van der Waals surface area contributed by atoms with Crippen molar-refractivity contribution in [2.75, 3.05) is 0 Å². The first-order valence-corrected chi connectivity index (χ1v) is 6.04. The van der Waals surface area contributed by atoms with E-state index in [0.29, 0.717) is 11.8 Å². The molecule has 16 heavy (non-hydrogen) atoms. The van der Waals surface area contributed by atoms with Crippen molar-refractivity contribution >= 4 is 11.6 Å². The van der Waals surface area contributed by atoms with Crippen molar-refractivity contribution in [1.82, 2.24) is 9.55 Å². The topological polar surface area (TPSA) is 17.8 Å². The summed E-state index contributed by atoms with van der Waals surface area (Å²) in [4.78, 5) is 4.14. The smallest absolute Gasteiger partial charge is 0.0948 e. The molecule has 0 fully saturated rings. The van der Waals surface area contributed by atoms with Gasteiger partial charge >= 0.3 is 0 Å². The molecule has 0 amide bonds. The summed E-state index contributed by atoms with van der Waals surface area (Å²) in [5, 5.41) is 0. The van der Waals surface area contributed by atoms with Crippen LogP contribution in [0.3, 0.4) is 0 Å². The molecule has 2 aromatic rings. The van der Waals surface area contributed by atoms with Crippen molar-refractivity contribution in [3.8, 4) is 0 Å². The number of alkyl halides is 1. The number of halogens is 1. The Morgan fingerprint density at radius 2 is 2.25 bits per heavy atom. The highest BCUT2D eigenvalue weighted by Gasteiger charge is 2.25. The Bertz CT molecular complexity index is 504. The van der Waals surface area contributed by atoms with Crippen molar-refractivity contribution in [3.63, 3.8) is 0 Å². The third-order valence-corrected chi connectivity index (χ3v) is 3.59. The van der Waals surface area contributed by atoms with Crippen LogP contribution >= 0.6 is 11.6 Å². The maximum absolute atomic E-state index is 5.86. The highest BCUT2D eigenvalue weighted by molar-refractivity contribution is 6.16. The van der Waals surface area contributed by atoms with Crippen LogP contribution < -0.4 is 0 Å². The van der Waals surface area contributed by atoms with Crippen LogP contribution in [-0.2, 0) is 18.8 Å². The van der Waals surface area contributed by atoms with E-state index in [1.54, 1.807) is 0 Å². The molecule has 1 heterocycles. The Kier molecular flexibility index (Phi) is 2.44. The lowest BCUT2D eigenvalue weighted by atomic mass is 9.77. The molecule has 1 unspecified atom stereocenters. The maximum atomic E-state index is 5.86. The molecule has 1 aliphatic rings. The fourth-order valence-electron chi connectivity index (χ4n) is 2.39. The highest BCUT2D eigenvalue weighted by Crippen LogP contribution is 2.36. The van der Waals surface area contributed by atoms with E-state index in [1.807, 2.05) is 12.5 Å². The monoisotopic (exact) mass is 232 g/mol. The van der Waals surface area contributed by atoms with Gasteiger partial charge in [-0.2, -0.15) is 0 Å². The summed E-state index contributed by atoms with van der Waals surface area (Å²) in [5.41, 5.74) is 4.07. The fraction of sp³-hybridized carbons (Fsp3) is 0.308. The quantitative estimate of drug-likeness (QED) is 0.744. The second-order valence-electron chi connectivity index (χ2n) is 4.27. The molecule has 2 nitrogen and oxygen atoms in total. The van der Waals surface area contributed by atoms with Crippen LogP contribution in [0, 0.1) is 0 Å². The van der Waals surface area contributed by atoms with Crippen molar-refractivity contribution in [2.45, 2.75) is 24.8 Å². The second kappa shape index (κ2) is 3.95. The Labute approximate surface area is 99.9 Å². The third kappa shape index (κ3) is 1.54. The average molecular weight is 233 g/mol. The van der Waals surface area contributed by atoms with Gasteiger partial charge in [-0.25, -0.2) is 4.98 Å². The van der Waals surface area contributed by atoms with Gasteiger partial charge in [0, 0.05) is 18.7 Å². The van der Waals surface area contributed by atoms with Gasteiger partial charge in [-0.1, -0.05) is 24.3 Å². The lowest BCUT2D eigenvalue weighted by Gasteiger charge is -2.30. The first-order valence-electron chi connectivity index (χ1n) is 5.51. The minimum absolute atomic E-state index is 0.536. The number of hydrogen-bond acceptors (Lipinski definition) is 1. The molecule has 0 saturated carbocycles. The number of rotatable bonds is 3. The molecule has 0 bridgehead atoms. The van der Waals surface area contributed by atoms with Gasteiger partial charge in [0.1, 0.15) is 0 Å². The van der Waals surface area contributed by atoms with Crippen LogP contribution in [0.1, 0.15) is 22.7 Å². The molecule has 1 aromatic carbocycles. The normalized spacial score (nSPS) is 17.9. The number of benzene rings is 1. The minimum atomic E-state index is 0.536. The molecule has 0 N–H and O–H groups in total. The third-order valence-electron chi connectivity index (χ3n) is 3.31. The van der Waals surface area contributed by atoms with Crippen LogP contribution in [0.4, 0.5) is 0 Å². The summed E-state index contributed by atoms with van der Waals surface area (Å²) in [7, 11) is 0. The number of fused-ring (bicyclic) bond motifs is 1. The molecule has 0 aliphatic heterocycles. The van der Waals surface area contributed by atoms with Crippen LogP contribution in [0.2, 0.25) is 0 Å². The Hall–Kier alpha value is -1.28. The summed E-state index contributed by atoms with van der Waals surface area (Å²) >= 11 is 5.86. The zero-order chi connectivity index (χ0) is 11.0. The van der Waals surface area contributed by atoms with Gasteiger partial charge in [0.05, 0.1) is 17.9 Å². The van der Waals surface area contributed by atoms with Crippen LogP contribution in [0.5, 0.6) is 0 Å². The average Bonchev–Trinajstić information content (AvgIpc) is 2.73. The molecule has 0 saturated heterocycles. The summed E-state index contributed by atoms with van der Waals surface area (Å²) in [6.45, 7) is 0.999. The molecule has 3 rings (SSSR count). The van der Waals surface area contributed by atoms with Gasteiger partial charge in [0.15, 0.2) is 0 Å². The minimum Gasteiger partial charge on any atom is -0.333 e. The van der Waals surface area contributed by atoms with Gasteiger partial charge in [-0.3, -0.25) is 0 Å². The van der Waals surface area contributed by atoms with Gasteiger partial charge < -0.3 is 4.57 Å². The second-order valence-corrected chi connectivity index (χ2v) is 4.54. The highest BCUT2D eigenvalue weighted by atomic mass is 35.5. The number of imidazole rings is 1. The number of aromatic nitrogens is 2. The Morgan fingerprint density at radius 1 is 1.38 bits per heavy atom. The summed E-state index contributed by atoms with van der Waals surface area (Å²) < 4.78 is 2.16. The lowest BCUT2D eigenvalue weighted by molar-refractivity contribution is 0.501. The molecule has 1 aliphatic carbocycles. The van der Waals surface area contributed by atoms with E-state index >= 15 is 0 Å². The Balaban J connectivity index is 1.79. The number of hydrogen-bond donors (Lipinski definition) is 0. The molecular formula is C13H13ClN2. The first-order chi connectivity index (χ1) is 7.88. The fourth-order valence-corrected chi connectivity index (χ4v) is 2.61. The lowest BCUT2D eigenvalue weighted by Crippen LogP contribution is -2.22. The maximum Gasteiger partial charge on any atom is 0.0948 e. The SMILES string of the molecule is ClCc1cncn1CC1Cc2ccccc21. The molecule has 0 radical (unpaired) electrons. The number of nitrogens with zero attached hydrogens (tertiary/aromatic N) is 2. The van der Waals surface area contributed by atoms with Crippen molar-refractivity contribution in [2.24, 2.45) is 0 Å². The van der Waals surface area contributed by atoms with Crippen molar-refractivity contribution in [3.05, 3.63) is 53.6 Å². The molecule has 1 aromatic heterocycles. The van der Waals surface area contributed by atoms with E-state index in [2.05, 4.69) is 33.8 Å². The zero-order valence-corrected chi connectivity index (χ0v) is 9.69. The van der Waals surface area contributed by atoms with E-state index < -0.39 is 0 Å². The molecule has 82 valence electrons. The van der Waals surface area contributed by atoms with Crippen LogP contribution in [0.15, 0.2) is 36.8 Å². The largest absolute Gasteiger partial charge is 0.333 e. The summed E-state index contributed by atoms with van der Waals surface area (Å²) in [6, 6.07) is 8.65. The predicted octanol–water partition coefficient (Wildman–Crippen LogP) is 2.96. The first kappa shape index (κ1) is 9.91. The van der Waals surface area contributed by atoms with Gasteiger partial charge in [-0.05, 0) is 17.5 Å². The van der Waals surface area contributed by atoms with E-state index in [0.717, 1.165) is 12.2 Å². The van der Waals surface area contributed by atoms with E-state index in [1.165, 1.54) is 17.5 Å². The van der Waals surface area contributed by atoms with E-state index in [4.69, 9.17) is 11.6 Å². The van der Waals surface area contributed by atoms with Crippen LogP contribution in [-0.4, -0.2) is 9.55 Å². The van der Waals surface area contributed by atoms with E-state index in [-0.39, 0.29) is 0 Å². The Morgan fingerprint density at radius 3 is 3.06 bits per heavy atom. The summed E-state index contributed by atoms with van der Waals surface area (Å²) in [6.07, 6.45) is 4.90. The van der Waals surface area contributed by atoms with Crippen molar-refractivity contribution < 1.29 is 0 Å². The molecule has 0 spiro atoms. The summed E-state index contributed by atoms with van der Waals surface area (Å²) in [5.74, 6) is 1.17. The zero-order valence-electron chi connectivity index (χ0n) is 8.94. The molecule has 1 atom stereocenters. The van der Waals surface area contributed by atoms with Gasteiger partial charge in [0.25, 0.3) is 0 Å².